The van der Waals surface area contributed by atoms with E-state index in [1.807, 2.05) is 12.2 Å². The first kappa shape index (κ1) is 18.9. The van der Waals surface area contributed by atoms with Crippen molar-refractivity contribution in [3.63, 3.8) is 0 Å². The minimum absolute atomic E-state index is 0.0371. The summed E-state index contributed by atoms with van der Waals surface area (Å²) in [5, 5.41) is 0. The first-order chi connectivity index (χ1) is 14.4. The number of ether oxygens (including phenoxy) is 1. The summed E-state index contributed by atoms with van der Waals surface area (Å²) in [4.78, 5) is 27.1. The van der Waals surface area contributed by atoms with Crippen LogP contribution in [0, 0.1) is 23.7 Å². The van der Waals surface area contributed by atoms with Crippen LogP contribution >= 0.6 is 0 Å². The van der Waals surface area contributed by atoms with Crippen LogP contribution in [0.3, 0.4) is 0 Å². The summed E-state index contributed by atoms with van der Waals surface area (Å²) in [6.45, 7) is 0. The number of hydrogen-bond acceptors (Lipinski definition) is 5. The Morgan fingerprint density at radius 2 is 1.60 bits per heavy atom. The lowest BCUT2D eigenvalue weighted by atomic mass is 9.85. The molecule has 1 aliphatic heterocycles. The van der Waals surface area contributed by atoms with Crippen LogP contribution in [0.1, 0.15) is 6.42 Å². The van der Waals surface area contributed by atoms with Gasteiger partial charge in [-0.25, -0.2) is 8.42 Å². The van der Waals surface area contributed by atoms with Gasteiger partial charge in [0.15, 0.2) is 0 Å². The van der Waals surface area contributed by atoms with Crippen molar-refractivity contribution in [2.75, 3.05) is 16.7 Å². The maximum atomic E-state index is 12.9. The fourth-order valence-corrected chi connectivity index (χ4v) is 5.88. The number of imide groups is 1. The highest BCUT2D eigenvalue weighted by Gasteiger charge is 2.59. The Hall–Kier alpha value is -3.13. The van der Waals surface area contributed by atoms with Gasteiger partial charge in [0.05, 0.1) is 35.2 Å². The molecular weight excluding hydrogens is 404 g/mol. The van der Waals surface area contributed by atoms with Gasteiger partial charge in [-0.2, -0.15) is 0 Å². The Morgan fingerprint density at radius 3 is 2.20 bits per heavy atom. The Morgan fingerprint density at radius 1 is 0.967 bits per heavy atom. The molecule has 4 atom stereocenters. The van der Waals surface area contributed by atoms with Gasteiger partial charge in [0.25, 0.3) is 10.0 Å². The summed E-state index contributed by atoms with van der Waals surface area (Å²) < 4.78 is 33.0. The van der Waals surface area contributed by atoms with Gasteiger partial charge in [-0.05, 0) is 54.7 Å². The molecule has 154 valence electrons. The summed E-state index contributed by atoms with van der Waals surface area (Å²) in [7, 11) is -2.33. The lowest BCUT2D eigenvalue weighted by Gasteiger charge is -2.17. The predicted octanol–water partition coefficient (Wildman–Crippen LogP) is 2.81. The third kappa shape index (κ3) is 2.82. The van der Waals surface area contributed by atoms with Crippen molar-refractivity contribution in [1.29, 1.82) is 0 Å². The molecule has 2 amide bonds. The summed E-state index contributed by atoms with van der Waals surface area (Å²) in [6, 6.07) is 12.4. The van der Waals surface area contributed by atoms with Gasteiger partial charge in [-0.1, -0.05) is 18.2 Å². The molecule has 0 spiro atoms. The monoisotopic (exact) mass is 424 g/mol. The average Bonchev–Trinajstić information content (AvgIpc) is 3.42. The average molecular weight is 424 g/mol. The van der Waals surface area contributed by atoms with Crippen molar-refractivity contribution in [2.45, 2.75) is 11.3 Å². The van der Waals surface area contributed by atoms with Crippen molar-refractivity contribution in [3.8, 4) is 5.75 Å². The number of carbonyl (C=O) groups excluding carboxylic acids is 2. The van der Waals surface area contributed by atoms with Gasteiger partial charge in [0.1, 0.15) is 5.75 Å². The van der Waals surface area contributed by atoms with Crippen LogP contribution in [-0.4, -0.2) is 27.3 Å². The number of hydrogen-bond donors (Lipinski definition) is 1. The molecule has 2 fully saturated rings. The van der Waals surface area contributed by atoms with Gasteiger partial charge in [-0.3, -0.25) is 19.2 Å². The van der Waals surface area contributed by atoms with Crippen LogP contribution in [0.15, 0.2) is 65.6 Å². The van der Waals surface area contributed by atoms with Crippen molar-refractivity contribution < 1.29 is 22.7 Å². The summed E-state index contributed by atoms with van der Waals surface area (Å²) >= 11 is 0. The number of fused-ring (bicyclic) bond motifs is 5. The second-order valence-corrected chi connectivity index (χ2v) is 9.53. The number of methoxy groups -OCH3 is 1. The van der Waals surface area contributed by atoms with E-state index >= 15 is 0 Å². The standard InChI is InChI=1S/C22H20N2O5S/c1-29-17-4-2-3-15(12-17)23-30(27,28)18-9-7-16(8-10-18)24-21(25)19-13-5-6-14(11-13)20(19)22(24)26/h2-10,12-14,19-20,23H,11H2,1H3/t13-,14?,19+,20-/m0/s1. The van der Waals surface area contributed by atoms with E-state index in [0.29, 0.717) is 17.1 Å². The molecule has 8 heteroatoms. The third-order valence-electron chi connectivity index (χ3n) is 6.20. The van der Waals surface area contributed by atoms with Crippen LogP contribution < -0.4 is 14.4 Å². The van der Waals surface area contributed by atoms with E-state index in [1.165, 1.54) is 36.3 Å². The van der Waals surface area contributed by atoms with Gasteiger partial charge >= 0.3 is 0 Å². The SMILES string of the molecule is COc1cccc(NS(=O)(=O)c2ccc(N3C(=O)[C@@H]4[C@H]5C=CC(C5)[C@@H]4C3=O)cc2)c1. The molecular formula is C22H20N2O5S. The van der Waals surface area contributed by atoms with E-state index in [2.05, 4.69) is 4.72 Å². The first-order valence-electron chi connectivity index (χ1n) is 9.72. The largest absolute Gasteiger partial charge is 0.497 e. The number of benzene rings is 2. The molecule has 30 heavy (non-hydrogen) atoms. The fraction of sp³-hybridized carbons (Fsp3) is 0.273. The Bertz CT molecular complexity index is 1140. The maximum absolute atomic E-state index is 12.9. The normalized spacial score (nSPS) is 26.9. The zero-order valence-electron chi connectivity index (χ0n) is 16.2. The lowest BCUT2D eigenvalue weighted by molar-refractivity contribution is -0.123. The van der Waals surface area contributed by atoms with Gasteiger partial charge < -0.3 is 4.74 Å². The summed E-state index contributed by atoms with van der Waals surface area (Å²) in [6.07, 6.45) is 4.95. The molecule has 1 saturated carbocycles. The molecule has 3 aliphatic rings. The smallest absolute Gasteiger partial charge is 0.261 e. The zero-order valence-corrected chi connectivity index (χ0v) is 17.0. The minimum Gasteiger partial charge on any atom is -0.497 e. The highest BCUT2D eigenvalue weighted by molar-refractivity contribution is 7.92. The lowest BCUT2D eigenvalue weighted by Crippen LogP contribution is -2.32. The second-order valence-electron chi connectivity index (χ2n) is 7.84. The van der Waals surface area contributed by atoms with E-state index in [-0.39, 0.29) is 40.4 Å². The van der Waals surface area contributed by atoms with Crippen molar-refractivity contribution in [1.82, 2.24) is 0 Å². The van der Waals surface area contributed by atoms with Crippen LogP contribution in [0.4, 0.5) is 11.4 Å². The van der Waals surface area contributed by atoms with E-state index in [9.17, 15) is 18.0 Å². The van der Waals surface area contributed by atoms with E-state index in [4.69, 9.17) is 4.74 Å². The Kier molecular flexibility index (Phi) is 4.21. The minimum atomic E-state index is -3.83. The maximum Gasteiger partial charge on any atom is 0.261 e. The van der Waals surface area contributed by atoms with E-state index in [1.54, 1.807) is 24.3 Å². The Balaban J connectivity index is 1.38. The Labute approximate surface area is 174 Å². The summed E-state index contributed by atoms with van der Waals surface area (Å²) in [5.41, 5.74) is 0.776. The van der Waals surface area contributed by atoms with Gasteiger partial charge in [-0.15, -0.1) is 0 Å². The molecule has 1 N–H and O–H groups in total. The molecule has 2 aliphatic carbocycles. The quantitative estimate of drug-likeness (QED) is 0.589. The van der Waals surface area contributed by atoms with Crippen molar-refractivity contribution in [3.05, 3.63) is 60.7 Å². The molecule has 1 saturated heterocycles. The van der Waals surface area contributed by atoms with Gasteiger partial charge in [0, 0.05) is 6.07 Å². The predicted molar refractivity (Wildman–Crippen MR) is 110 cm³/mol. The molecule has 2 aromatic rings. The topological polar surface area (TPSA) is 92.8 Å². The van der Waals surface area contributed by atoms with Crippen molar-refractivity contribution in [2.24, 2.45) is 23.7 Å². The summed E-state index contributed by atoms with van der Waals surface area (Å²) in [5.74, 6) is -0.151. The molecule has 1 heterocycles. The van der Waals surface area contributed by atoms with E-state index < -0.39 is 10.0 Å². The highest BCUT2D eigenvalue weighted by Crippen LogP contribution is 2.53. The number of amides is 2. The highest BCUT2D eigenvalue weighted by atomic mass is 32.2. The number of carbonyl (C=O) groups is 2. The van der Waals surface area contributed by atoms with Crippen LogP contribution in [0.5, 0.6) is 5.75 Å². The molecule has 5 rings (SSSR count). The van der Waals surface area contributed by atoms with Crippen LogP contribution in [-0.2, 0) is 19.6 Å². The third-order valence-corrected chi connectivity index (χ3v) is 7.59. The molecule has 1 unspecified atom stereocenters. The number of nitrogens with zero attached hydrogens (tertiary/aromatic N) is 1. The molecule has 0 aromatic heterocycles. The van der Waals surface area contributed by atoms with Crippen molar-refractivity contribution >= 4 is 33.2 Å². The molecule has 2 aromatic carbocycles. The van der Waals surface area contributed by atoms with Crippen LogP contribution in [0.25, 0.3) is 0 Å². The molecule has 7 nitrogen and oxygen atoms in total. The van der Waals surface area contributed by atoms with Crippen LogP contribution in [0.2, 0.25) is 0 Å². The fourth-order valence-electron chi connectivity index (χ4n) is 4.83. The molecule has 2 bridgehead atoms. The molecule has 0 radical (unpaired) electrons. The number of sulfonamides is 1. The van der Waals surface area contributed by atoms with E-state index in [0.717, 1.165) is 6.42 Å². The number of nitrogens with one attached hydrogen (secondary N) is 1. The second kappa shape index (κ2) is 6.70. The number of rotatable bonds is 5. The number of allylic oxidation sites excluding steroid dienone is 2. The van der Waals surface area contributed by atoms with Gasteiger partial charge in [0.2, 0.25) is 11.8 Å². The first-order valence-corrected chi connectivity index (χ1v) is 11.2. The number of anilines is 2. The zero-order chi connectivity index (χ0) is 21.0.